The van der Waals surface area contributed by atoms with Crippen molar-refractivity contribution < 1.29 is 23.5 Å². The first-order chi connectivity index (χ1) is 12.0. The Hall–Kier alpha value is -3.15. The standard InChI is InChI=1S/C19H18FNO4/c1-14(22)21-18(13-15-5-3-2-4-6-15)19(23)25-12-11-24-17-9-7-16(20)8-10-17/h2-10,13H,11-12H2,1H3,(H,21,22)/b18-13+. The van der Waals surface area contributed by atoms with Crippen molar-refractivity contribution in [2.24, 2.45) is 0 Å². The lowest BCUT2D eigenvalue weighted by molar-refractivity contribution is -0.141. The van der Waals surface area contributed by atoms with Gasteiger partial charge in [0, 0.05) is 6.92 Å². The highest BCUT2D eigenvalue weighted by molar-refractivity contribution is 5.97. The summed E-state index contributed by atoms with van der Waals surface area (Å²) in [4.78, 5) is 23.4. The summed E-state index contributed by atoms with van der Waals surface area (Å²) in [5, 5.41) is 2.46. The molecule has 0 aromatic heterocycles. The van der Waals surface area contributed by atoms with Gasteiger partial charge >= 0.3 is 5.97 Å². The number of carbonyl (C=O) groups excluding carboxylic acids is 2. The van der Waals surface area contributed by atoms with Crippen LogP contribution in [-0.2, 0) is 14.3 Å². The molecule has 0 saturated heterocycles. The summed E-state index contributed by atoms with van der Waals surface area (Å²) >= 11 is 0. The molecule has 0 heterocycles. The number of esters is 1. The summed E-state index contributed by atoms with van der Waals surface area (Å²) in [5.41, 5.74) is 0.797. The molecular weight excluding hydrogens is 325 g/mol. The van der Waals surface area contributed by atoms with E-state index in [0.29, 0.717) is 5.75 Å². The van der Waals surface area contributed by atoms with Crippen molar-refractivity contribution in [2.75, 3.05) is 13.2 Å². The van der Waals surface area contributed by atoms with E-state index in [1.165, 1.54) is 37.3 Å². The number of halogens is 1. The van der Waals surface area contributed by atoms with Crippen molar-refractivity contribution in [3.63, 3.8) is 0 Å². The van der Waals surface area contributed by atoms with Gasteiger partial charge in [0.2, 0.25) is 5.91 Å². The third-order valence-corrected chi connectivity index (χ3v) is 3.04. The summed E-state index contributed by atoms with van der Waals surface area (Å²) in [6.45, 7) is 1.40. The Bertz CT molecular complexity index is 742. The predicted molar refractivity (Wildman–Crippen MR) is 91.1 cm³/mol. The average Bonchev–Trinajstić information content (AvgIpc) is 2.60. The summed E-state index contributed by atoms with van der Waals surface area (Å²) < 4.78 is 23.2. The van der Waals surface area contributed by atoms with Crippen molar-refractivity contribution in [3.8, 4) is 5.75 Å². The monoisotopic (exact) mass is 343 g/mol. The van der Waals surface area contributed by atoms with Crippen molar-refractivity contribution >= 4 is 18.0 Å². The van der Waals surface area contributed by atoms with Crippen LogP contribution in [0, 0.1) is 5.82 Å². The molecule has 130 valence electrons. The fraction of sp³-hybridized carbons (Fsp3) is 0.158. The largest absolute Gasteiger partial charge is 0.490 e. The molecule has 0 bridgehead atoms. The lowest BCUT2D eigenvalue weighted by Gasteiger charge is -2.10. The van der Waals surface area contributed by atoms with E-state index < -0.39 is 5.97 Å². The molecule has 2 aromatic carbocycles. The molecule has 0 fully saturated rings. The molecule has 2 rings (SSSR count). The Balaban J connectivity index is 1.89. The Kier molecular flexibility index (Phi) is 6.71. The minimum atomic E-state index is -0.665. The van der Waals surface area contributed by atoms with Crippen LogP contribution in [-0.4, -0.2) is 25.1 Å². The average molecular weight is 343 g/mol. The van der Waals surface area contributed by atoms with Gasteiger partial charge in [-0.1, -0.05) is 30.3 Å². The number of hydrogen-bond acceptors (Lipinski definition) is 4. The van der Waals surface area contributed by atoms with Crippen LogP contribution >= 0.6 is 0 Å². The maximum absolute atomic E-state index is 12.8. The molecule has 25 heavy (non-hydrogen) atoms. The quantitative estimate of drug-likeness (QED) is 0.477. The van der Waals surface area contributed by atoms with Gasteiger partial charge in [0.05, 0.1) is 0 Å². The van der Waals surface area contributed by atoms with Gasteiger partial charge in [-0.3, -0.25) is 4.79 Å². The highest BCUT2D eigenvalue weighted by Crippen LogP contribution is 2.11. The maximum Gasteiger partial charge on any atom is 0.354 e. The van der Waals surface area contributed by atoms with E-state index in [1.807, 2.05) is 18.2 Å². The van der Waals surface area contributed by atoms with Gasteiger partial charge in [-0.05, 0) is 35.9 Å². The third-order valence-electron chi connectivity index (χ3n) is 3.04. The molecule has 0 spiro atoms. The van der Waals surface area contributed by atoms with Crippen LogP contribution in [0.25, 0.3) is 6.08 Å². The summed E-state index contributed by atoms with van der Waals surface area (Å²) in [6.07, 6.45) is 1.53. The van der Waals surface area contributed by atoms with E-state index in [4.69, 9.17) is 9.47 Å². The normalized spacial score (nSPS) is 10.9. The minimum absolute atomic E-state index is 0.0120. The van der Waals surface area contributed by atoms with Crippen molar-refractivity contribution in [1.29, 1.82) is 0 Å². The first-order valence-electron chi connectivity index (χ1n) is 7.64. The zero-order chi connectivity index (χ0) is 18.1. The van der Waals surface area contributed by atoms with Crippen LogP contribution in [0.2, 0.25) is 0 Å². The van der Waals surface area contributed by atoms with E-state index in [0.717, 1.165) is 5.56 Å². The summed E-state index contributed by atoms with van der Waals surface area (Å²) in [6, 6.07) is 14.6. The molecule has 0 atom stereocenters. The summed E-state index contributed by atoms with van der Waals surface area (Å²) in [5.74, 6) is -0.924. The Morgan fingerprint density at radius 3 is 2.36 bits per heavy atom. The Morgan fingerprint density at radius 1 is 1.04 bits per heavy atom. The number of ether oxygens (including phenoxy) is 2. The van der Waals surface area contributed by atoms with Crippen LogP contribution in [0.3, 0.4) is 0 Å². The fourth-order valence-corrected chi connectivity index (χ4v) is 1.95. The number of nitrogens with one attached hydrogen (secondary N) is 1. The van der Waals surface area contributed by atoms with Crippen LogP contribution in [0.5, 0.6) is 5.75 Å². The molecule has 1 N–H and O–H groups in total. The van der Waals surface area contributed by atoms with Crippen LogP contribution in [0.1, 0.15) is 12.5 Å². The van der Waals surface area contributed by atoms with Gasteiger partial charge in [0.15, 0.2) is 0 Å². The second kappa shape index (κ2) is 9.22. The Morgan fingerprint density at radius 2 is 1.72 bits per heavy atom. The highest BCUT2D eigenvalue weighted by Gasteiger charge is 2.12. The van der Waals surface area contributed by atoms with Gasteiger partial charge in [0.1, 0.15) is 30.5 Å². The van der Waals surface area contributed by atoms with E-state index in [9.17, 15) is 14.0 Å². The van der Waals surface area contributed by atoms with Gasteiger partial charge in [-0.2, -0.15) is 0 Å². The maximum atomic E-state index is 12.8. The number of benzene rings is 2. The van der Waals surface area contributed by atoms with Gasteiger partial charge in [0.25, 0.3) is 0 Å². The first kappa shape index (κ1) is 18.2. The first-order valence-corrected chi connectivity index (χ1v) is 7.64. The molecule has 5 nitrogen and oxygen atoms in total. The van der Waals surface area contributed by atoms with E-state index >= 15 is 0 Å². The van der Waals surface area contributed by atoms with Gasteiger partial charge in [-0.25, -0.2) is 9.18 Å². The van der Waals surface area contributed by atoms with Crippen molar-refractivity contribution in [2.45, 2.75) is 6.92 Å². The zero-order valence-electron chi connectivity index (χ0n) is 13.7. The van der Waals surface area contributed by atoms with E-state index in [-0.39, 0.29) is 30.6 Å². The minimum Gasteiger partial charge on any atom is -0.490 e. The molecule has 0 saturated carbocycles. The van der Waals surface area contributed by atoms with Crippen molar-refractivity contribution in [3.05, 3.63) is 71.7 Å². The predicted octanol–water partition coefficient (Wildman–Crippen LogP) is 2.92. The fourth-order valence-electron chi connectivity index (χ4n) is 1.95. The van der Waals surface area contributed by atoms with Gasteiger partial charge in [-0.15, -0.1) is 0 Å². The molecular formula is C19H18FNO4. The van der Waals surface area contributed by atoms with Gasteiger partial charge < -0.3 is 14.8 Å². The lowest BCUT2D eigenvalue weighted by Crippen LogP contribution is -2.27. The smallest absolute Gasteiger partial charge is 0.354 e. The molecule has 0 aliphatic heterocycles. The summed E-state index contributed by atoms with van der Waals surface area (Å²) in [7, 11) is 0. The second-order valence-corrected chi connectivity index (χ2v) is 5.09. The SMILES string of the molecule is CC(=O)N/C(=C/c1ccccc1)C(=O)OCCOc1ccc(F)cc1. The van der Waals surface area contributed by atoms with Crippen molar-refractivity contribution in [1.82, 2.24) is 5.32 Å². The van der Waals surface area contributed by atoms with E-state index in [1.54, 1.807) is 12.1 Å². The molecule has 2 aromatic rings. The third kappa shape index (κ3) is 6.47. The molecule has 0 aliphatic carbocycles. The molecule has 0 aliphatic rings. The molecule has 0 radical (unpaired) electrons. The zero-order valence-corrected chi connectivity index (χ0v) is 13.7. The number of rotatable bonds is 7. The molecule has 0 unspecified atom stereocenters. The number of amides is 1. The topological polar surface area (TPSA) is 64.6 Å². The Labute approximate surface area is 145 Å². The van der Waals surface area contributed by atoms with Crippen LogP contribution in [0.15, 0.2) is 60.3 Å². The van der Waals surface area contributed by atoms with Crippen LogP contribution in [0.4, 0.5) is 4.39 Å². The molecule has 1 amide bonds. The molecule has 6 heteroatoms. The lowest BCUT2D eigenvalue weighted by atomic mass is 10.2. The van der Waals surface area contributed by atoms with E-state index in [2.05, 4.69) is 5.32 Å². The van der Waals surface area contributed by atoms with Crippen LogP contribution < -0.4 is 10.1 Å². The number of carbonyl (C=O) groups is 2. The number of hydrogen-bond donors (Lipinski definition) is 1. The second-order valence-electron chi connectivity index (χ2n) is 5.09. The highest BCUT2D eigenvalue weighted by atomic mass is 19.1.